The summed E-state index contributed by atoms with van der Waals surface area (Å²) in [6.45, 7) is 1.91. The van der Waals surface area contributed by atoms with Crippen LogP contribution < -0.4 is 19.5 Å². The van der Waals surface area contributed by atoms with Crippen molar-refractivity contribution in [2.24, 2.45) is 0 Å². The molecule has 0 aliphatic heterocycles. The van der Waals surface area contributed by atoms with Crippen molar-refractivity contribution in [3.63, 3.8) is 0 Å². The van der Waals surface area contributed by atoms with Gasteiger partial charge in [0, 0.05) is 11.3 Å². The smallest absolute Gasteiger partial charge is 0.265 e. The molecule has 30 heavy (non-hydrogen) atoms. The summed E-state index contributed by atoms with van der Waals surface area (Å²) in [6, 6.07) is 18.1. The molecule has 3 aromatic rings. The Bertz CT molecular complexity index is 1160. The Hall–Kier alpha value is -3.52. The number of hydrogen-bond acceptors (Lipinski definition) is 5. The third-order valence-corrected chi connectivity index (χ3v) is 5.78. The second kappa shape index (κ2) is 8.87. The van der Waals surface area contributed by atoms with Crippen molar-refractivity contribution in [3.05, 3.63) is 77.9 Å². The minimum atomic E-state index is -3.99. The highest BCUT2D eigenvalue weighted by molar-refractivity contribution is 7.92. The van der Waals surface area contributed by atoms with E-state index in [0.717, 1.165) is 5.56 Å². The molecule has 156 valence electrons. The van der Waals surface area contributed by atoms with Crippen LogP contribution in [0.3, 0.4) is 0 Å². The van der Waals surface area contributed by atoms with Gasteiger partial charge >= 0.3 is 0 Å². The predicted octanol–water partition coefficient (Wildman–Crippen LogP) is 4.07. The maximum absolute atomic E-state index is 13.0. The number of carbonyl (C=O) groups is 1. The summed E-state index contributed by atoms with van der Waals surface area (Å²) < 4.78 is 38.9. The summed E-state index contributed by atoms with van der Waals surface area (Å²) in [5, 5.41) is 2.73. The van der Waals surface area contributed by atoms with Crippen molar-refractivity contribution in [2.45, 2.75) is 11.8 Å². The van der Waals surface area contributed by atoms with Gasteiger partial charge in [-0.2, -0.15) is 0 Å². The minimum Gasteiger partial charge on any atom is -0.495 e. The van der Waals surface area contributed by atoms with Gasteiger partial charge in [-0.05, 0) is 49.4 Å². The van der Waals surface area contributed by atoms with E-state index in [1.165, 1.54) is 32.4 Å². The normalized spacial score (nSPS) is 10.9. The van der Waals surface area contributed by atoms with Gasteiger partial charge < -0.3 is 14.8 Å². The molecule has 0 aromatic heterocycles. The number of carbonyl (C=O) groups excluding carboxylic acids is 1. The number of benzene rings is 3. The monoisotopic (exact) mass is 426 g/mol. The molecule has 0 aliphatic carbocycles. The van der Waals surface area contributed by atoms with Gasteiger partial charge in [-0.15, -0.1) is 0 Å². The molecule has 1 amide bonds. The molecule has 8 heteroatoms. The van der Waals surface area contributed by atoms with Crippen LogP contribution >= 0.6 is 0 Å². The number of amides is 1. The molecule has 0 spiro atoms. The van der Waals surface area contributed by atoms with Gasteiger partial charge in [0.15, 0.2) is 0 Å². The fraction of sp³-hybridized carbons (Fsp3) is 0.136. The van der Waals surface area contributed by atoms with Crippen LogP contribution in [0, 0.1) is 6.92 Å². The first-order valence-corrected chi connectivity index (χ1v) is 10.5. The number of methoxy groups -OCH3 is 2. The van der Waals surface area contributed by atoms with Crippen LogP contribution in [-0.4, -0.2) is 28.5 Å². The van der Waals surface area contributed by atoms with Gasteiger partial charge in [0.25, 0.3) is 15.9 Å². The number of hydrogen-bond donors (Lipinski definition) is 2. The number of ether oxygens (including phenoxy) is 2. The van der Waals surface area contributed by atoms with Crippen molar-refractivity contribution >= 4 is 27.3 Å². The van der Waals surface area contributed by atoms with E-state index in [-0.39, 0.29) is 16.2 Å². The highest BCUT2D eigenvalue weighted by Gasteiger charge is 2.22. The zero-order valence-corrected chi connectivity index (χ0v) is 17.6. The van der Waals surface area contributed by atoms with Gasteiger partial charge in [-0.1, -0.05) is 29.8 Å². The number of rotatable bonds is 7. The SMILES string of the molecule is COc1ccccc1NC(=O)c1ccc(OC)c(S(=O)(=O)Nc2ccc(C)cc2)c1. The third kappa shape index (κ3) is 4.72. The maximum Gasteiger partial charge on any atom is 0.265 e. The van der Waals surface area contributed by atoms with E-state index < -0.39 is 15.9 Å². The number of anilines is 2. The second-order valence-electron chi connectivity index (χ2n) is 6.49. The lowest BCUT2D eigenvalue weighted by atomic mass is 10.2. The number of sulfonamides is 1. The van der Waals surface area contributed by atoms with E-state index in [1.54, 1.807) is 48.5 Å². The van der Waals surface area contributed by atoms with Crippen molar-refractivity contribution in [3.8, 4) is 11.5 Å². The molecule has 2 N–H and O–H groups in total. The van der Waals surface area contributed by atoms with Gasteiger partial charge in [0.1, 0.15) is 16.4 Å². The lowest BCUT2D eigenvalue weighted by Crippen LogP contribution is -2.17. The molecule has 0 radical (unpaired) electrons. The van der Waals surface area contributed by atoms with Gasteiger partial charge in [0.05, 0.1) is 19.9 Å². The summed E-state index contributed by atoms with van der Waals surface area (Å²) in [4.78, 5) is 12.6. The van der Waals surface area contributed by atoms with Crippen molar-refractivity contribution in [1.82, 2.24) is 0 Å². The summed E-state index contributed by atoms with van der Waals surface area (Å²) in [7, 11) is -1.12. The molecule has 0 saturated carbocycles. The minimum absolute atomic E-state index is 0.128. The Balaban J connectivity index is 1.92. The lowest BCUT2D eigenvalue weighted by molar-refractivity contribution is 0.102. The van der Waals surface area contributed by atoms with Gasteiger partial charge in [-0.3, -0.25) is 9.52 Å². The fourth-order valence-corrected chi connectivity index (χ4v) is 4.06. The first kappa shape index (κ1) is 21.2. The Kier molecular flexibility index (Phi) is 6.27. The third-order valence-electron chi connectivity index (χ3n) is 4.37. The Morgan fingerprint density at radius 3 is 2.20 bits per heavy atom. The molecular formula is C22H22N2O5S. The van der Waals surface area contributed by atoms with Crippen molar-refractivity contribution < 1.29 is 22.7 Å². The molecule has 7 nitrogen and oxygen atoms in total. The van der Waals surface area contributed by atoms with E-state index in [9.17, 15) is 13.2 Å². The van der Waals surface area contributed by atoms with Crippen LogP contribution in [0.25, 0.3) is 0 Å². The fourth-order valence-electron chi connectivity index (χ4n) is 2.80. The van der Waals surface area contributed by atoms with Crippen molar-refractivity contribution in [1.29, 1.82) is 0 Å². The predicted molar refractivity (Wildman–Crippen MR) is 116 cm³/mol. The molecule has 0 unspecified atom stereocenters. The zero-order valence-electron chi connectivity index (χ0n) is 16.8. The summed E-state index contributed by atoms with van der Waals surface area (Å²) in [5.41, 5.74) is 2.05. The van der Waals surface area contributed by atoms with Crippen LogP contribution in [0.5, 0.6) is 11.5 Å². The Morgan fingerprint density at radius 2 is 1.53 bits per heavy atom. The zero-order chi connectivity index (χ0) is 21.7. The highest BCUT2D eigenvalue weighted by atomic mass is 32.2. The largest absolute Gasteiger partial charge is 0.495 e. The molecule has 0 aliphatic rings. The van der Waals surface area contributed by atoms with Crippen LogP contribution in [0.2, 0.25) is 0 Å². The number of para-hydroxylation sites is 2. The number of nitrogens with one attached hydrogen (secondary N) is 2. The van der Waals surface area contributed by atoms with Gasteiger partial charge in [-0.25, -0.2) is 8.42 Å². The Labute approximate surface area is 175 Å². The van der Waals surface area contributed by atoms with E-state index in [2.05, 4.69) is 10.0 Å². The summed E-state index contributed by atoms with van der Waals surface area (Å²) in [6.07, 6.45) is 0. The molecule has 0 atom stereocenters. The number of aryl methyl sites for hydroxylation is 1. The Morgan fingerprint density at radius 1 is 0.867 bits per heavy atom. The lowest BCUT2D eigenvalue weighted by Gasteiger charge is -2.14. The summed E-state index contributed by atoms with van der Waals surface area (Å²) >= 11 is 0. The average Bonchev–Trinajstić information content (AvgIpc) is 2.75. The molecule has 3 aromatic carbocycles. The highest BCUT2D eigenvalue weighted by Crippen LogP contribution is 2.28. The van der Waals surface area contributed by atoms with Crippen LogP contribution in [0.4, 0.5) is 11.4 Å². The molecule has 0 saturated heterocycles. The topological polar surface area (TPSA) is 93.7 Å². The van der Waals surface area contributed by atoms with Crippen molar-refractivity contribution in [2.75, 3.05) is 24.3 Å². The molecule has 0 bridgehead atoms. The van der Waals surface area contributed by atoms with E-state index >= 15 is 0 Å². The molecule has 0 fully saturated rings. The quantitative estimate of drug-likeness (QED) is 0.594. The molecular weight excluding hydrogens is 404 g/mol. The maximum atomic E-state index is 13.0. The molecule has 3 rings (SSSR count). The second-order valence-corrected chi connectivity index (χ2v) is 8.14. The van der Waals surface area contributed by atoms with Crippen LogP contribution in [0.1, 0.15) is 15.9 Å². The van der Waals surface area contributed by atoms with Crippen LogP contribution in [0.15, 0.2) is 71.6 Å². The molecule has 0 heterocycles. The van der Waals surface area contributed by atoms with E-state index in [0.29, 0.717) is 17.1 Å². The standard InChI is InChI=1S/C22H22N2O5S/c1-15-8-11-17(12-9-15)24-30(26,27)21-14-16(10-13-20(21)29-3)22(25)23-18-6-4-5-7-19(18)28-2/h4-14,24H,1-3H3,(H,23,25). The summed E-state index contributed by atoms with van der Waals surface area (Å²) in [5.74, 6) is 0.144. The van der Waals surface area contributed by atoms with E-state index in [4.69, 9.17) is 9.47 Å². The van der Waals surface area contributed by atoms with Crippen LogP contribution in [-0.2, 0) is 10.0 Å². The van der Waals surface area contributed by atoms with E-state index in [1.807, 2.05) is 6.92 Å². The van der Waals surface area contributed by atoms with Gasteiger partial charge in [0.2, 0.25) is 0 Å². The first-order valence-electron chi connectivity index (χ1n) is 9.06. The first-order chi connectivity index (χ1) is 14.3. The average molecular weight is 426 g/mol.